The second-order valence-corrected chi connectivity index (χ2v) is 5.36. The van der Waals surface area contributed by atoms with Gasteiger partial charge in [0, 0.05) is 12.4 Å². The van der Waals surface area contributed by atoms with Gasteiger partial charge in [0.25, 0.3) is 5.88 Å². The van der Waals surface area contributed by atoms with E-state index in [1.54, 1.807) is 12.4 Å². The molecule has 1 atom stereocenters. The van der Waals surface area contributed by atoms with E-state index in [1.165, 1.54) is 0 Å². The first kappa shape index (κ1) is 14.4. The summed E-state index contributed by atoms with van der Waals surface area (Å²) in [5.74, 6) is 2.68. The number of anilines is 1. The Hall–Kier alpha value is -2.50. The van der Waals surface area contributed by atoms with Crippen LogP contribution in [-0.4, -0.2) is 22.9 Å². The van der Waals surface area contributed by atoms with Gasteiger partial charge in [-0.15, -0.1) is 0 Å². The van der Waals surface area contributed by atoms with Gasteiger partial charge in [-0.3, -0.25) is 0 Å². The van der Waals surface area contributed by atoms with E-state index in [0.29, 0.717) is 11.7 Å². The van der Waals surface area contributed by atoms with Crippen molar-refractivity contribution in [1.29, 1.82) is 0 Å². The summed E-state index contributed by atoms with van der Waals surface area (Å²) in [6.45, 7) is 6.24. The van der Waals surface area contributed by atoms with Crippen molar-refractivity contribution in [3.63, 3.8) is 0 Å². The van der Waals surface area contributed by atoms with Crippen molar-refractivity contribution in [2.24, 2.45) is 0 Å². The van der Waals surface area contributed by atoms with E-state index in [2.05, 4.69) is 15.3 Å². The molecule has 6 heteroatoms. The minimum atomic E-state index is 0.0284. The standard InChI is InChI=1S/C16H19N3O3/c1-10(2)22-16-15(17-6-7-18-16)19-11(3)12-4-5-13-14(8-12)21-9-20-13/h4-8,10-11H,9H2,1-3H3,(H,17,19). The smallest absolute Gasteiger partial charge is 0.257 e. The van der Waals surface area contributed by atoms with Crippen LogP contribution >= 0.6 is 0 Å². The van der Waals surface area contributed by atoms with E-state index in [1.807, 2.05) is 39.0 Å². The van der Waals surface area contributed by atoms with Gasteiger partial charge < -0.3 is 19.5 Å². The number of ether oxygens (including phenoxy) is 3. The predicted molar refractivity (Wildman–Crippen MR) is 82.4 cm³/mol. The minimum absolute atomic E-state index is 0.0284. The largest absolute Gasteiger partial charge is 0.472 e. The van der Waals surface area contributed by atoms with Crippen LogP contribution in [0.15, 0.2) is 30.6 Å². The Bertz CT molecular complexity index is 661. The number of aromatic nitrogens is 2. The van der Waals surface area contributed by atoms with Crippen LogP contribution in [0.2, 0.25) is 0 Å². The molecule has 1 aromatic heterocycles. The molecule has 1 N–H and O–H groups in total. The minimum Gasteiger partial charge on any atom is -0.472 e. The van der Waals surface area contributed by atoms with Gasteiger partial charge in [0.05, 0.1) is 12.1 Å². The molecule has 116 valence electrons. The molecular formula is C16H19N3O3. The number of hydrogen-bond donors (Lipinski definition) is 1. The fourth-order valence-corrected chi connectivity index (χ4v) is 2.20. The third kappa shape index (κ3) is 3.05. The number of rotatable bonds is 5. The Labute approximate surface area is 129 Å². The molecule has 0 spiro atoms. The second-order valence-electron chi connectivity index (χ2n) is 5.36. The van der Waals surface area contributed by atoms with Crippen LogP contribution in [0.4, 0.5) is 5.82 Å². The zero-order chi connectivity index (χ0) is 15.5. The highest BCUT2D eigenvalue weighted by atomic mass is 16.7. The van der Waals surface area contributed by atoms with Crippen molar-refractivity contribution in [3.05, 3.63) is 36.2 Å². The quantitative estimate of drug-likeness (QED) is 0.915. The monoisotopic (exact) mass is 301 g/mol. The van der Waals surface area contributed by atoms with Crippen LogP contribution in [0.5, 0.6) is 17.4 Å². The molecule has 2 heterocycles. The van der Waals surface area contributed by atoms with Gasteiger partial charge in [-0.2, -0.15) is 0 Å². The van der Waals surface area contributed by atoms with Gasteiger partial charge in [0.15, 0.2) is 17.3 Å². The summed E-state index contributed by atoms with van der Waals surface area (Å²) in [4.78, 5) is 8.55. The molecule has 22 heavy (non-hydrogen) atoms. The Morgan fingerprint density at radius 2 is 1.86 bits per heavy atom. The number of hydrogen-bond acceptors (Lipinski definition) is 6. The number of benzene rings is 1. The molecule has 0 fully saturated rings. The number of fused-ring (bicyclic) bond motifs is 1. The Morgan fingerprint density at radius 3 is 2.68 bits per heavy atom. The lowest BCUT2D eigenvalue weighted by Gasteiger charge is -2.18. The van der Waals surface area contributed by atoms with Crippen molar-refractivity contribution in [1.82, 2.24) is 9.97 Å². The average molecular weight is 301 g/mol. The maximum absolute atomic E-state index is 5.68. The maximum atomic E-state index is 5.68. The highest BCUT2D eigenvalue weighted by Gasteiger charge is 2.17. The van der Waals surface area contributed by atoms with Crippen molar-refractivity contribution in [2.45, 2.75) is 32.9 Å². The van der Waals surface area contributed by atoms with E-state index in [0.717, 1.165) is 17.1 Å². The summed E-state index contributed by atoms with van der Waals surface area (Å²) in [5, 5.41) is 3.33. The highest BCUT2D eigenvalue weighted by molar-refractivity contribution is 5.50. The van der Waals surface area contributed by atoms with Crippen molar-refractivity contribution in [3.8, 4) is 17.4 Å². The van der Waals surface area contributed by atoms with Crippen LogP contribution in [-0.2, 0) is 0 Å². The first-order chi connectivity index (χ1) is 10.6. The van der Waals surface area contributed by atoms with Crippen LogP contribution in [0.3, 0.4) is 0 Å². The number of nitrogens with zero attached hydrogens (tertiary/aromatic N) is 2. The molecule has 1 aliphatic rings. The van der Waals surface area contributed by atoms with E-state index in [9.17, 15) is 0 Å². The first-order valence-corrected chi connectivity index (χ1v) is 7.27. The molecule has 0 aliphatic carbocycles. The van der Waals surface area contributed by atoms with Crippen LogP contribution < -0.4 is 19.5 Å². The fourth-order valence-electron chi connectivity index (χ4n) is 2.20. The predicted octanol–water partition coefficient (Wildman–Crippen LogP) is 3.17. The normalized spacial score (nSPS) is 14.0. The van der Waals surface area contributed by atoms with E-state index in [4.69, 9.17) is 14.2 Å². The second kappa shape index (κ2) is 6.09. The van der Waals surface area contributed by atoms with Crippen LogP contribution in [0.25, 0.3) is 0 Å². The molecule has 0 saturated carbocycles. The van der Waals surface area contributed by atoms with E-state index in [-0.39, 0.29) is 18.9 Å². The highest BCUT2D eigenvalue weighted by Crippen LogP contribution is 2.35. The molecule has 2 aromatic rings. The Balaban J connectivity index is 1.78. The first-order valence-electron chi connectivity index (χ1n) is 7.27. The SMILES string of the molecule is CC(C)Oc1nccnc1NC(C)c1ccc2c(c1)OCO2. The molecule has 6 nitrogen and oxygen atoms in total. The molecule has 3 rings (SSSR count). The molecule has 0 amide bonds. The lowest BCUT2D eigenvalue weighted by atomic mass is 10.1. The molecule has 0 saturated heterocycles. The summed E-state index contributed by atoms with van der Waals surface area (Å²) >= 11 is 0. The van der Waals surface area contributed by atoms with E-state index < -0.39 is 0 Å². The summed E-state index contributed by atoms with van der Waals surface area (Å²) in [7, 11) is 0. The van der Waals surface area contributed by atoms with Crippen molar-refractivity contribution >= 4 is 5.82 Å². The lowest BCUT2D eigenvalue weighted by molar-refractivity contribution is 0.174. The van der Waals surface area contributed by atoms with Gasteiger partial charge in [-0.25, -0.2) is 9.97 Å². The zero-order valence-electron chi connectivity index (χ0n) is 12.9. The van der Waals surface area contributed by atoms with Crippen molar-refractivity contribution < 1.29 is 14.2 Å². The van der Waals surface area contributed by atoms with Gasteiger partial charge >= 0.3 is 0 Å². The topological polar surface area (TPSA) is 65.5 Å². The summed E-state index contributed by atoms with van der Waals surface area (Å²) < 4.78 is 16.4. The summed E-state index contributed by atoms with van der Waals surface area (Å²) in [5.41, 5.74) is 1.07. The van der Waals surface area contributed by atoms with Gasteiger partial charge in [0.1, 0.15) is 0 Å². The van der Waals surface area contributed by atoms with E-state index >= 15 is 0 Å². The summed E-state index contributed by atoms with van der Waals surface area (Å²) in [6.07, 6.45) is 3.30. The average Bonchev–Trinajstić information content (AvgIpc) is 2.96. The number of nitrogens with one attached hydrogen (secondary N) is 1. The lowest BCUT2D eigenvalue weighted by Crippen LogP contribution is -2.13. The molecule has 1 unspecified atom stereocenters. The summed E-state index contributed by atoms with van der Waals surface area (Å²) in [6, 6.07) is 5.92. The molecule has 0 bridgehead atoms. The van der Waals surface area contributed by atoms with Gasteiger partial charge in [-0.1, -0.05) is 6.07 Å². The third-order valence-corrected chi connectivity index (χ3v) is 3.26. The fraction of sp³-hybridized carbons (Fsp3) is 0.375. The third-order valence-electron chi connectivity index (χ3n) is 3.26. The van der Waals surface area contributed by atoms with Gasteiger partial charge in [0.2, 0.25) is 6.79 Å². The van der Waals surface area contributed by atoms with Gasteiger partial charge in [-0.05, 0) is 38.5 Å². The molecule has 1 aromatic carbocycles. The van der Waals surface area contributed by atoms with Crippen LogP contribution in [0, 0.1) is 0 Å². The maximum Gasteiger partial charge on any atom is 0.257 e. The zero-order valence-corrected chi connectivity index (χ0v) is 12.9. The molecule has 1 aliphatic heterocycles. The van der Waals surface area contributed by atoms with Crippen LogP contribution in [0.1, 0.15) is 32.4 Å². The van der Waals surface area contributed by atoms with Crippen molar-refractivity contribution in [2.75, 3.05) is 12.1 Å². The Kier molecular flexibility index (Phi) is 4.00. The molecular weight excluding hydrogens is 282 g/mol. The Morgan fingerprint density at radius 1 is 1.09 bits per heavy atom. The molecule has 0 radical (unpaired) electrons.